The summed E-state index contributed by atoms with van der Waals surface area (Å²) in [5.74, 6) is -0.505. The predicted octanol–water partition coefficient (Wildman–Crippen LogP) is 4.50. The first-order valence-corrected chi connectivity index (χ1v) is 9.57. The highest BCUT2D eigenvalue weighted by molar-refractivity contribution is 5.92. The zero-order valence-corrected chi connectivity index (χ0v) is 15.8. The number of carbonyl (C=O) groups is 1. The van der Waals surface area contributed by atoms with Gasteiger partial charge in [-0.1, -0.05) is 18.6 Å². The second-order valence-corrected chi connectivity index (χ2v) is 6.77. The molecule has 0 bridgehead atoms. The smallest absolute Gasteiger partial charge is 0.270 e. The number of aromatic nitrogens is 2. The number of halogens is 1. The van der Waals surface area contributed by atoms with E-state index >= 15 is 0 Å². The molecule has 1 amide bonds. The Morgan fingerprint density at radius 2 is 1.50 bits per heavy atom. The van der Waals surface area contributed by atoms with E-state index in [1.807, 2.05) is 24.5 Å². The highest BCUT2D eigenvalue weighted by atomic mass is 19.1. The van der Waals surface area contributed by atoms with E-state index in [0.29, 0.717) is 12.2 Å². The minimum Gasteiger partial charge on any atom is -0.347 e. The third-order valence-corrected chi connectivity index (χ3v) is 4.60. The topological polar surface area (TPSA) is 54.9 Å². The van der Waals surface area contributed by atoms with Gasteiger partial charge in [-0.3, -0.25) is 14.8 Å². The van der Waals surface area contributed by atoms with Gasteiger partial charge in [-0.15, -0.1) is 0 Å². The normalized spacial score (nSPS) is 10.6. The van der Waals surface area contributed by atoms with Crippen molar-refractivity contribution in [1.29, 1.82) is 0 Å². The van der Waals surface area contributed by atoms with Gasteiger partial charge in [0, 0.05) is 25.1 Å². The zero-order valence-electron chi connectivity index (χ0n) is 15.8. The van der Waals surface area contributed by atoms with Crippen LogP contribution in [0.2, 0.25) is 0 Å². The monoisotopic (exact) mass is 377 g/mol. The van der Waals surface area contributed by atoms with Crippen molar-refractivity contribution in [2.24, 2.45) is 0 Å². The van der Waals surface area contributed by atoms with Crippen LogP contribution in [0.1, 0.15) is 46.4 Å². The molecule has 0 aliphatic carbocycles. The van der Waals surface area contributed by atoms with Crippen LogP contribution in [0.25, 0.3) is 0 Å². The molecule has 0 fully saturated rings. The van der Waals surface area contributed by atoms with Crippen molar-refractivity contribution in [1.82, 2.24) is 15.3 Å². The molecule has 3 rings (SSSR count). The molecule has 0 aliphatic rings. The summed E-state index contributed by atoms with van der Waals surface area (Å²) in [7, 11) is 0. The summed E-state index contributed by atoms with van der Waals surface area (Å²) in [6.45, 7) is 0.347. The van der Waals surface area contributed by atoms with Crippen molar-refractivity contribution in [3.8, 4) is 0 Å². The van der Waals surface area contributed by atoms with Gasteiger partial charge in [0.2, 0.25) is 0 Å². The molecule has 144 valence electrons. The van der Waals surface area contributed by atoms with Crippen LogP contribution < -0.4 is 5.32 Å². The first kappa shape index (κ1) is 19.7. The molecule has 0 saturated heterocycles. The van der Waals surface area contributed by atoms with Gasteiger partial charge in [-0.2, -0.15) is 0 Å². The standard InChI is InChI=1S/C23H24FN3O/c24-21-8-6-20(7-9-21)17-27-23(28)22-16-19(12-15-26-22)5-3-1-2-4-18-10-13-25-14-11-18/h6-16H,1-5,17H2,(H,27,28). The molecule has 4 nitrogen and oxygen atoms in total. The van der Waals surface area contributed by atoms with Crippen LogP contribution in [0.15, 0.2) is 67.1 Å². The third-order valence-electron chi connectivity index (χ3n) is 4.60. The number of aryl methyl sites for hydroxylation is 2. The molecule has 1 aromatic carbocycles. The van der Waals surface area contributed by atoms with Crippen LogP contribution in [-0.4, -0.2) is 15.9 Å². The van der Waals surface area contributed by atoms with Gasteiger partial charge < -0.3 is 5.32 Å². The van der Waals surface area contributed by atoms with Crippen LogP contribution in [-0.2, 0) is 19.4 Å². The van der Waals surface area contributed by atoms with Crippen molar-refractivity contribution < 1.29 is 9.18 Å². The Balaban J connectivity index is 1.42. The number of pyridine rings is 2. The maximum atomic E-state index is 12.9. The van der Waals surface area contributed by atoms with Crippen molar-refractivity contribution >= 4 is 5.91 Å². The Bertz CT molecular complexity index is 882. The summed E-state index contributed by atoms with van der Waals surface area (Å²) in [6, 6.07) is 14.0. The van der Waals surface area contributed by atoms with Gasteiger partial charge in [0.15, 0.2) is 0 Å². The molecule has 3 aromatic rings. The van der Waals surface area contributed by atoms with Crippen LogP contribution in [0.5, 0.6) is 0 Å². The second-order valence-electron chi connectivity index (χ2n) is 6.77. The Kier molecular flexibility index (Phi) is 7.24. The molecule has 5 heteroatoms. The fourth-order valence-electron chi connectivity index (χ4n) is 3.01. The Labute approximate surface area is 164 Å². The number of nitrogens with zero attached hydrogens (tertiary/aromatic N) is 2. The van der Waals surface area contributed by atoms with E-state index in [0.717, 1.165) is 43.2 Å². The lowest BCUT2D eigenvalue weighted by Crippen LogP contribution is -2.23. The van der Waals surface area contributed by atoms with Crippen LogP contribution in [0.4, 0.5) is 4.39 Å². The quantitative estimate of drug-likeness (QED) is 0.559. The molecular formula is C23H24FN3O. The molecule has 0 saturated carbocycles. The third kappa shape index (κ3) is 6.27. The van der Waals surface area contributed by atoms with Crippen molar-refractivity contribution in [3.05, 3.63) is 95.3 Å². The van der Waals surface area contributed by atoms with Crippen LogP contribution in [0, 0.1) is 5.82 Å². The maximum absolute atomic E-state index is 12.9. The predicted molar refractivity (Wildman–Crippen MR) is 107 cm³/mol. The summed E-state index contributed by atoms with van der Waals surface area (Å²) in [6.07, 6.45) is 10.7. The van der Waals surface area contributed by atoms with E-state index in [1.165, 1.54) is 17.7 Å². The van der Waals surface area contributed by atoms with E-state index < -0.39 is 0 Å². The maximum Gasteiger partial charge on any atom is 0.270 e. The SMILES string of the molecule is O=C(NCc1ccc(F)cc1)c1cc(CCCCCc2ccncc2)ccn1. The lowest BCUT2D eigenvalue weighted by Gasteiger charge is -2.07. The zero-order chi connectivity index (χ0) is 19.6. The first-order chi connectivity index (χ1) is 13.7. The molecule has 2 aromatic heterocycles. The number of hydrogen-bond acceptors (Lipinski definition) is 3. The number of carbonyl (C=O) groups excluding carboxylic acids is 1. The molecule has 2 heterocycles. The van der Waals surface area contributed by atoms with Crippen molar-refractivity contribution in [2.45, 2.75) is 38.6 Å². The molecule has 0 unspecified atom stereocenters. The van der Waals surface area contributed by atoms with Crippen LogP contribution in [0.3, 0.4) is 0 Å². The fraction of sp³-hybridized carbons (Fsp3) is 0.261. The highest BCUT2D eigenvalue weighted by Crippen LogP contribution is 2.11. The number of amides is 1. The molecule has 28 heavy (non-hydrogen) atoms. The summed E-state index contributed by atoms with van der Waals surface area (Å²) in [5.41, 5.74) is 3.70. The van der Waals surface area contributed by atoms with Gasteiger partial charge in [-0.05, 0) is 78.8 Å². The average molecular weight is 377 g/mol. The number of unbranched alkanes of at least 4 members (excludes halogenated alkanes) is 2. The average Bonchev–Trinajstić information content (AvgIpc) is 2.74. The Morgan fingerprint density at radius 1 is 0.821 bits per heavy atom. The Morgan fingerprint density at radius 3 is 2.25 bits per heavy atom. The minimum absolute atomic E-state index is 0.219. The molecule has 0 atom stereocenters. The van der Waals surface area contributed by atoms with Crippen LogP contribution >= 0.6 is 0 Å². The lowest BCUT2D eigenvalue weighted by atomic mass is 10.0. The summed E-state index contributed by atoms with van der Waals surface area (Å²) < 4.78 is 12.9. The van der Waals surface area contributed by atoms with Crippen molar-refractivity contribution in [2.75, 3.05) is 0 Å². The van der Waals surface area contributed by atoms with E-state index in [2.05, 4.69) is 27.4 Å². The largest absolute Gasteiger partial charge is 0.347 e. The van der Waals surface area contributed by atoms with E-state index in [1.54, 1.807) is 18.3 Å². The fourth-order valence-corrected chi connectivity index (χ4v) is 3.01. The number of benzene rings is 1. The van der Waals surface area contributed by atoms with Gasteiger partial charge >= 0.3 is 0 Å². The first-order valence-electron chi connectivity index (χ1n) is 9.57. The number of rotatable bonds is 9. The van der Waals surface area contributed by atoms with Gasteiger partial charge in [0.05, 0.1) is 0 Å². The lowest BCUT2D eigenvalue weighted by molar-refractivity contribution is 0.0946. The number of hydrogen-bond donors (Lipinski definition) is 1. The number of nitrogens with one attached hydrogen (secondary N) is 1. The van der Waals surface area contributed by atoms with Gasteiger partial charge in [0.25, 0.3) is 5.91 Å². The molecular weight excluding hydrogens is 353 g/mol. The molecule has 1 N–H and O–H groups in total. The molecule has 0 aliphatic heterocycles. The van der Waals surface area contributed by atoms with E-state index in [9.17, 15) is 9.18 Å². The summed E-state index contributed by atoms with van der Waals surface area (Å²) >= 11 is 0. The minimum atomic E-state index is -0.287. The summed E-state index contributed by atoms with van der Waals surface area (Å²) in [5, 5.41) is 2.83. The highest BCUT2D eigenvalue weighted by Gasteiger charge is 2.08. The van der Waals surface area contributed by atoms with Gasteiger partial charge in [0.1, 0.15) is 11.5 Å². The molecule has 0 spiro atoms. The summed E-state index contributed by atoms with van der Waals surface area (Å²) in [4.78, 5) is 20.5. The Hall–Kier alpha value is -3.08. The van der Waals surface area contributed by atoms with E-state index in [-0.39, 0.29) is 11.7 Å². The molecule has 0 radical (unpaired) electrons. The van der Waals surface area contributed by atoms with Gasteiger partial charge in [-0.25, -0.2) is 4.39 Å². The second kappa shape index (κ2) is 10.3. The van der Waals surface area contributed by atoms with E-state index in [4.69, 9.17) is 0 Å². The van der Waals surface area contributed by atoms with Crippen molar-refractivity contribution in [3.63, 3.8) is 0 Å².